The second kappa shape index (κ2) is 14.0. The lowest BCUT2D eigenvalue weighted by atomic mass is 9.78. The van der Waals surface area contributed by atoms with E-state index in [1.165, 1.54) is 83.2 Å². The van der Waals surface area contributed by atoms with Gasteiger partial charge in [0.15, 0.2) is 0 Å². The van der Waals surface area contributed by atoms with Crippen LogP contribution in [0.15, 0.2) is 176 Å². The number of para-hydroxylation sites is 2. The van der Waals surface area contributed by atoms with Crippen LogP contribution >= 0.6 is 0 Å². The van der Waals surface area contributed by atoms with Crippen LogP contribution in [0.3, 0.4) is 0 Å². The Morgan fingerprint density at radius 3 is 1.52 bits per heavy atom. The van der Waals surface area contributed by atoms with Crippen molar-refractivity contribution >= 4 is 27.8 Å². The van der Waals surface area contributed by atoms with Gasteiger partial charge < -0.3 is 4.90 Å². The highest BCUT2D eigenvalue weighted by Gasteiger charge is 2.38. The van der Waals surface area contributed by atoms with Crippen molar-refractivity contribution in [1.82, 2.24) is 0 Å². The topological polar surface area (TPSA) is 3.24 Å². The predicted molar refractivity (Wildman–Crippen MR) is 250 cm³/mol. The van der Waals surface area contributed by atoms with Crippen molar-refractivity contribution in [3.63, 3.8) is 0 Å². The van der Waals surface area contributed by atoms with Gasteiger partial charge in [-0.1, -0.05) is 213 Å². The average molecular weight is 752 g/mol. The zero-order valence-electron chi connectivity index (χ0n) is 35.2. The highest BCUT2D eigenvalue weighted by atomic mass is 15.2. The third kappa shape index (κ3) is 6.34. The Kier molecular flexibility index (Phi) is 9.05. The number of rotatable bonds is 6. The molecule has 0 fully saturated rings. The van der Waals surface area contributed by atoms with Gasteiger partial charge in [0, 0.05) is 22.1 Å². The van der Waals surface area contributed by atoms with Crippen LogP contribution in [-0.2, 0) is 16.2 Å². The first-order valence-electron chi connectivity index (χ1n) is 20.8. The largest absolute Gasteiger partial charge is 0.309 e. The van der Waals surface area contributed by atoms with Gasteiger partial charge >= 0.3 is 0 Å². The number of benzene rings is 8. The number of nitrogens with zero attached hydrogens (tertiary/aromatic N) is 1. The molecule has 8 aromatic carbocycles. The molecule has 0 saturated carbocycles. The molecule has 9 rings (SSSR count). The van der Waals surface area contributed by atoms with Crippen LogP contribution in [0.5, 0.6) is 0 Å². The minimum atomic E-state index is -0.135. The quantitative estimate of drug-likeness (QED) is 0.164. The van der Waals surface area contributed by atoms with Crippen molar-refractivity contribution in [2.45, 2.75) is 71.6 Å². The van der Waals surface area contributed by atoms with Crippen molar-refractivity contribution < 1.29 is 0 Å². The summed E-state index contributed by atoms with van der Waals surface area (Å²) in [7, 11) is 0. The van der Waals surface area contributed by atoms with E-state index in [0.29, 0.717) is 0 Å². The summed E-state index contributed by atoms with van der Waals surface area (Å²) in [5, 5.41) is 2.50. The minimum absolute atomic E-state index is 0.00575. The van der Waals surface area contributed by atoms with Gasteiger partial charge in [-0.3, -0.25) is 0 Å². The molecule has 8 aromatic rings. The summed E-state index contributed by atoms with van der Waals surface area (Å²) >= 11 is 0. The first kappa shape index (κ1) is 37.4. The lowest BCUT2D eigenvalue weighted by Crippen LogP contribution is -2.16. The SMILES string of the molecule is CC(C)(C)c1cc(-c2cccc3cccc(-c4ccccc4N(c4ccccc4-c4ccccc4)c4cccc5c4-c4ccccc4C5(C)C)c23)cc(C(C)(C)C)c1. The van der Waals surface area contributed by atoms with Crippen LogP contribution in [0.2, 0.25) is 0 Å². The average Bonchev–Trinajstić information content (AvgIpc) is 3.47. The molecular weight excluding hydrogens is 699 g/mol. The Bertz CT molecular complexity index is 2790. The first-order chi connectivity index (χ1) is 27.8. The fourth-order valence-electron chi connectivity index (χ4n) is 9.19. The first-order valence-corrected chi connectivity index (χ1v) is 20.8. The van der Waals surface area contributed by atoms with E-state index in [9.17, 15) is 0 Å². The maximum Gasteiger partial charge on any atom is 0.0543 e. The third-order valence-corrected chi connectivity index (χ3v) is 12.4. The van der Waals surface area contributed by atoms with Gasteiger partial charge in [0.25, 0.3) is 0 Å². The molecule has 0 atom stereocenters. The zero-order chi connectivity index (χ0) is 40.4. The highest BCUT2D eigenvalue weighted by Crippen LogP contribution is 2.56. The second-order valence-electron chi connectivity index (χ2n) is 18.6. The van der Waals surface area contributed by atoms with Gasteiger partial charge in [0.05, 0.1) is 17.1 Å². The normalized spacial score (nSPS) is 13.3. The highest BCUT2D eigenvalue weighted by molar-refractivity contribution is 6.10. The van der Waals surface area contributed by atoms with E-state index in [-0.39, 0.29) is 16.2 Å². The Morgan fingerprint density at radius 1 is 0.379 bits per heavy atom. The van der Waals surface area contributed by atoms with Crippen LogP contribution in [0, 0.1) is 0 Å². The number of hydrogen-bond acceptors (Lipinski definition) is 1. The third-order valence-electron chi connectivity index (χ3n) is 12.4. The molecule has 1 aliphatic carbocycles. The molecule has 1 heteroatoms. The molecule has 0 unspecified atom stereocenters. The molecule has 0 radical (unpaired) electrons. The van der Waals surface area contributed by atoms with Gasteiger partial charge in [0.1, 0.15) is 0 Å². The number of fused-ring (bicyclic) bond motifs is 4. The molecule has 0 aliphatic heterocycles. The Balaban J connectivity index is 1.36. The summed E-state index contributed by atoms with van der Waals surface area (Å²) < 4.78 is 0. The standard InChI is InChI=1S/C57H53N/c1-55(2,3)41-35-40(36-42(37-41)56(4,5)6)44-28-18-23-39-24-19-29-46(53(39)44)45-26-14-17-33-51(45)58(50-32-16-13-25-43(50)38-21-10-9-11-22-38)52-34-20-31-49-54(52)47-27-12-15-30-48(47)57(49,7)8/h9-37H,1-8H3. The van der Waals surface area contributed by atoms with E-state index < -0.39 is 0 Å². The zero-order valence-corrected chi connectivity index (χ0v) is 35.2. The molecule has 0 aromatic heterocycles. The smallest absolute Gasteiger partial charge is 0.0543 e. The van der Waals surface area contributed by atoms with E-state index in [4.69, 9.17) is 0 Å². The van der Waals surface area contributed by atoms with Crippen LogP contribution < -0.4 is 4.90 Å². The molecule has 0 heterocycles. The van der Waals surface area contributed by atoms with Crippen molar-refractivity contribution in [2.75, 3.05) is 4.90 Å². The van der Waals surface area contributed by atoms with Crippen molar-refractivity contribution in [3.05, 3.63) is 198 Å². The van der Waals surface area contributed by atoms with Crippen molar-refractivity contribution in [2.24, 2.45) is 0 Å². The summed E-state index contributed by atoms with van der Waals surface area (Å²) in [6.07, 6.45) is 0. The van der Waals surface area contributed by atoms with Gasteiger partial charge in [-0.25, -0.2) is 0 Å². The second-order valence-corrected chi connectivity index (χ2v) is 18.6. The van der Waals surface area contributed by atoms with E-state index in [0.717, 1.165) is 11.4 Å². The van der Waals surface area contributed by atoms with Crippen molar-refractivity contribution in [1.29, 1.82) is 0 Å². The molecular formula is C57H53N. The van der Waals surface area contributed by atoms with Crippen molar-refractivity contribution in [3.8, 4) is 44.5 Å². The van der Waals surface area contributed by atoms with Gasteiger partial charge in [-0.2, -0.15) is 0 Å². The van der Waals surface area contributed by atoms with Crippen LogP contribution in [0.1, 0.15) is 77.6 Å². The summed E-state index contributed by atoms with van der Waals surface area (Å²) in [6.45, 7) is 18.7. The fraction of sp³-hybridized carbons (Fsp3) is 0.193. The molecule has 0 bridgehead atoms. The van der Waals surface area contributed by atoms with Gasteiger partial charge in [0.2, 0.25) is 0 Å². The van der Waals surface area contributed by atoms with Crippen LogP contribution in [0.25, 0.3) is 55.3 Å². The van der Waals surface area contributed by atoms with E-state index in [1.807, 2.05) is 0 Å². The van der Waals surface area contributed by atoms with Crippen LogP contribution in [0.4, 0.5) is 17.1 Å². The number of hydrogen-bond donors (Lipinski definition) is 0. The van der Waals surface area contributed by atoms with E-state index in [1.54, 1.807) is 0 Å². The van der Waals surface area contributed by atoms with Crippen LogP contribution in [-0.4, -0.2) is 0 Å². The van der Waals surface area contributed by atoms with E-state index in [2.05, 4.69) is 236 Å². The van der Waals surface area contributed by atoms with Gasteiger partial charge in [-0.15, -0.1) is 0 Å². The van der Waals surface area contributed by atoms with Gasteiger partial charge in [-0.05, 0) is 89.9 Å². The predicted octanol–water partition coefficient (Wildman–Crippen LogP) is 16.2. The Labute approximate surface area is 345 Å². The van der Waals surface area contributed by atoms with E-state index >= 15 is 0 Å². The molecule has 0 spiro atoms. The summed E-state index contributed by atoms with van der Waals surface area (Å²) in [4.78, 5) is 2.55. The molecule has 58 heavy (non-hydrogen) atoms. The molecule has 1 nitrogen and oxygen atoms in total. The molecule has 0 N–H and O–H groups in total. The monoisotopic (exact) mass is 751 g/mol. The lowest BCUT2D eigenvalue weighted by Gasteiger charge is -2.32. The summed E-state index contributed by atoms with van der Waals surface area (Å²) in [5.41, 5.74) is 18.7. The molecule has 0 amide bonds. The molecule has 1 aliphatic rings. The molecule has 286 valence electrons. The lowest BCUT2D eigenvalue weighted by molar-refractivity contribution is 0.569. The fourth-order valence-corrected chi connectivity index (χ4v) is 9.19. The Morgan fingerprint density at radius 2 is 0.862 bits per heavy atom. The maximum atomic E-state index is 2.55. The minimum Gasteiger partial charge on any atom is -0.309 e. The summed E-state index contributed by atoms with van der Waals surface area (Å²) in [6, 6.07) is 65.7. The maximum absolute atomic E-state index is 2.55. The number of anilines is 3. The summed E-state index contributed by atoms with van der Waals surface area (Å²) in [5.74, 6) is 0. The Hall–Kier alpha value is -6.18. The molecule has 0 saturated heterocycles.